The summed E-state index contributed by atoms with van der Waals surface area (Å²) in [5.74, 6) is -0.548. The summed E-state index contributed by atoms with van der Waals surface area (Å²) < 4.78 is 42.3. The Kier molecular flexibility index (Phi) is 5.39. The summed E-state index contributed by atoms with van der Waals surface area (Å²) in [4.78, 5) is 14.2. The van der Waals surface area contributed by atoms with Gasteiger partial charge in [0.15, 0.2) is 0 Å². The number of aromatic nitrogens is 1. The van der Waals surface area contributed by atoms with Gasteiger partial charge in [-0.3, -0.25) is 4.79 Å². The molecule has 0 bridgehead atoms. The van der Waals surface area contributed by atoms with Crippen LogP contribution in [0.3, 0.4) is 0 Å². The van der Waals surface area contributed by atoms with Crippen LogP contribution in [0.5, 0.6) is 0 Å². The molecule has 0 aliphatic heterocycles. The number of anilines is 2. The molecule has 0 fully saturated rings. The van der Waals surface area contributed by atoms with Gasteiger partial charge in [-0.25, -0.2) is 0 Å². The minimum atomic E-state index is -4.57. The van der Waals surface area contributed by atoms with E-state index < -0.39 is 17.6 Å². The maximum Gasteiger partial charge on any atom is 0.418 e. The maximum atomic E-state index is 13.4. The van der Waals surface area contributed by atoms with Gasteiger partial charge in [-0.1, -0.05) is 0 Å². The van der Waals surface area contributed by atoms with E-state index in [0.29, 0.717) is 11.3 Å². The number of benzene rings is 1. The van der Waals surface area contributed by atoms with E-state index in [1.807, 2.05) is 25.3 Å². The van der Waals surface area contributed by atoms with Crippen LogP contribution in [0.15, 0.2) is 24.3 Å². The average molecular weight is 367 g/mol. The zero-order valence-electron chi connectivity index (χ0n) is 15.8. The fourth-order valence-electron chi connectivity index (χ4n) is 3.15. The van der Waals surface area contributed by atoms with Gasteiger partial charge in [0.1, 0.15) is 0 Å². The SMILES string of the molecule is Cc1cc(C(=O)Nc2ccc(N(C)C)cc2C(F)(F)F)c(C)n1C(C)C. The first-order valence-corrected chi connectivity index (χ1v) is 8.31. The fourth-order valence-corrected chi connectivity index (χ4v) is 3.15. The molecule has 142 valence electrons. The number of carbonyl (C=O) groups excluding carboxylic acids is 1. The normalized spacial score (nSPS) is 11.8. The summed E-state index contributed by atoms with van der Waals surface area (Å²) in [6.07, 6.45) is -4.57. The molecule has 0 atom stereocenters. The van der Waals surface area contributed by atoms with Crippen LogP contribution < -0.4 is 10.2 Å². The van der Waals surface area contributed by atoms with Crippen molar-refractivity contribution in [1.29, 1.82) is 0 Å². The highest BCUT2D eigenvalue weighted by atomic mass is 19.4. The van der Waals surface area contributed by atoms with Gasteiger partial charge < -0.3 is 14.8 Å². The highest BCUT2D eigenvalue weighted by Gasteiger charge is 2.34. The Labute approximate surface area is 151 Å². The number of alkyl halides is 3. The molecule has 1 aromatic carbocycles. The van der Waals surface area contributed by atoms with Crippen LogP contribution in [0.1, 0.15) is 47.2 Å². The third-order valence-electron chi connectivity index (χ3n) is 4.32. The van der Waals surface area contributed by atoms with Crippen LogP contribution in [0.2, 0.25) is 0 Å². The second-order valence-corrected chi connectivity index (χ2v) is 6.82. The van der Waals surface area contributed by atoms with E-state index in [-0.39, 0.29) is 11.7 Å². The molecule has 4 nitrogen and oxygen atoms in total. The van der Waals surface area contributed by atoms with Crippen LogP contribution in [0.4, 0.5) is 24.5 Å². The Morgan fingerprint density at radius 2 is 1.77 bits per heavy atom. The number of carbonyl (C=O) groups is 1. The average Bonchev–Trinajstić information content (AvgIpc) is 2.81. The molecule has 0 saturated carbocycles. The molecule has 1 N–H and O–H groups in total. The summed E-state index contributed by atoms with van der Waals surface area (Å²) >= 11 is 0. The molecule has 0 radical (unpaired) electrons. The van der Waals surface area contributed by atoms with Crippen LogP contribution in [0, 0.1) is 13.8 Å². The van der Waals surface area contributed by atoms with Crippen LogP contribution in [-0.2, 0) is 6.18 Å². The molecule has 0 unspecified atom stereocenters. The lowest BCUT2D eigenvalue weighted by Crippen LogP contribution is -2.18. The molecule has 0 spiro atoms. The molecule has 2 aromatic rings. The van der Waals surface area contributed by atoms with Crippen LogP contribution in [-0.4, -0.2) is 24.6 Å². The van der Waals surface area contributed by atoms with Crippen molar-refractivity contribution in [2.75, 3.05) is 24.3 Å². The van der Waals surface area contributed by atoms with Crippen molar-refractivity contribution in [3.05, 3.63) is 46.8 Å². The van der Waals surface area contributed by atoms with Crippen LogP contribution in [0.25, 0.3) is 0 Å². The number of nitrogens with zero attached hydrogens (tertiary/aromatic N) is 2. The van der Waals surface area contributed by atoms with Crippen LogP contribution >= 0.6 is 0 Å². The summed E-state index contributed by atoms with van der Waals surface area (Å²) in [7, 11) is 3.32. The predicted molar refractivity (Wildman–Crippen MR) is 98.0 cm³/mol. The quantitative estimate of drug-likeness (QED) is 0.824. The largest absolute Gasteiger partial charge is 0.418 e. The predicted octanol–water partition coefficient (Wildman–Crippen LogP) is 5.02. The van der Waals surface area contributed by atoms with Crippen molar-refractivity contribution in [2.45, 2.75) is 39.9 Å². The second-order valence-electron chi connectivity index (χ2n) is 6.82. The molecule has 0 aliphatic rings. The van der Waals surface area contributed by atoms with Gasteiger partial charge in [-0.2, -0.15) is 13.2 Å². The first kappa shape index (κ1) is 19.9. The number of rotatable bonds is 4. The first-order valence-electron chi connectivity index (χ1n) is 8.31. The molecule has 0 saturated heterocycles. The smallest absolute Gasteiger partial charge is 0.378 e. The van der Waals surface area contributed by atoms with Crippen molar-refractivity contribution in [2.24, 2.45) is 0 Å². The zero-order chi connectivity index (χ0) is 19.8. The van der Waals surface area contributed by atoms with E-state index >= 15 is 0 Å². The van der Waals surface area contributed by atoms with Gasteiger partial charge in [-0.15, -0.1) is 0 Å². The number of amides is 1. The van der Waals surface area contributed by atoms with Crippen molar-refractivity contribution >= 4 is 17.3 Å². The third kappa shape index (κ3) is 3.86. The number of hydrogen-bond donors (Lipinski definition) is 1. The van der Waals surface area contributed by atoms with Gasteiger partial charge in [-0.05, 0) is 52.0 Å². The highest BCUT2D eigenvalue weighted by Crippen LogP contribution is 2.37. The standard InChI is InChI=1S/C19H24F3N3O/c1-11(2)25-12(3)9-15(13(25)4)18(26)23-17-8-7-14(24(5)6)10-16(17)19(20,21)22/h7-11H,1-6H3,(H,23,26). The molecular weight excluding hydrogens is 343 g/mol. The molecular formula is C19H24F3N3O. The van der Waals surface area contributed by atoms with Gasteiger partial charge in [0.25, 0.3) is 5.91 Å². The van der Waals surface area contributed by atoms with Crippen molar-refractivity contribution in [3.8, 4) is 0 Å². The fraction of sp³-hybridized carbons (Fsp3) is 0.421. The number of aryl methyl sites for hydroxylation is 1. The highest BCUT2D eigenvalue weighted by molar-refractivity contribution is 6.05. The lowest BCUT2D eigenvalue weighted by molar-refractivity contribution is -0.136. The lowest BCUT2D eigenvalue weighted by Gasteiger charge is -2.19. The van der Waals surface area contributed by atoms with E-state index in [9.17, 15) is 18.0 Å². The summed E-state index contributed by atoms with van der Waals surface area (Å²) in [6.45, 7) is 7.64. The number of hydrogen-bond acceptors (Lipinski definition) is 2. The Hall–Kier alpha value is -2.44. The minimum Gasteiger partial charge on any atom is -0.378 e. The Bertz CT molecular complexity index is 820. The topological polar surface area (TPSA) is 37.3 Å². The monoisotopic (exact) mass is 367 g/mol. The lowest BCUT2D eigenvalue weighted by atomic mass is 10.1. The zero-order valence-corrected chi connectivity index (χ0v) is 15.8. The van der Waals surface area contributed by atoms with Gasteiger partial charge >= 0.3 is 6.18 Å². The molecule has 2 rings (SSSR count). The Morgan fingerprint density at radius 1 is 1.15 bits per heavy atom. The Balaban J connectivity index is 2.43. The molecule has 1 amide bonds. The summed E-state index contributed by atoms with van der Waals surface area (Å²) in [5, 5.41) is 2.43. The summed E-state index contributed by atoms with van der Waals surface area (Å²) in [5.41, 5.74) is 1.29. The third-order valence-corrected chi connectivity index (χ3v) is 4.32. The van der Waals surface area contributed by atoms with Gasteiger partial charge in [0.2, 0.25) is 0 Å². The molecule has 1 heterocycles. The Morgan fingerprint density at radius 3 is 2.23 bits per heavy atom. The van der Waals surface area contributed by atoms with Crippen molar-refractivity contribution in [3.63, 3.8) is 0 Å². The van der Waals surface area contributed by atoms with Gasteiger partial charge in [0, 0.05) is 37.2 Å². The van der Waals surface area contributed by atoms with Gasteiger partial charge in [0.05, 0.1) is 16.8 Å². The van der Waals surface area contributed by atoms with E-state index in [1.54, 1.807) is 38.1 Å². The first-order chi connectivity index (χ1) is 11.9. The van der Waals surface area contributed by atoms with E-state index in [4.69, 9.17) is 0 Å². The van der Waals surface area contributed by atoms with E-state index in [1.165, 1.54) is 6.07 Å². The molecule has 0 aliphatic carbocycles. The maximum absolute atomic E-state index is 13.4. The van der Waals surface area contributed by atoms with Crippen molar-refractivity contribution in [1.82, 2.24) is 4.57 Å². The molecule has 1 aromatic heterocycles. The minimum absolute atomic E-state index is 0.154. The molecule has 26 heavy (non-hydrogen) atoms. The summed E-state index contributed by atoms with van der Waals surface area (Å²) in [6, 6.07) is 5.72. The number of nitrogens with one attached hydrogen (secondary N) is 1. The number of halogens is 3. The molecule has 7 heteroatoms. The van der Waals surface area contributed by atoms with E-state index in [0.717, 1.165) is 17.5 Å². The van der Waals surface area contributed by atoms with Crippen molar-refractivity contribution < 1.29 is 18.0 Å². The van der Waals surface area contributed by atoms with E-state index in [2.05, 4.69) is 5.32 Å². The second kappa shape index (κ2) is 7.05.